The Bertz CT molecular complexity index is 824. The molecule has 6 N–H and O–H groups in total. The van der Waals surface area contributed by atoms with Crippen molar-refractivity contribution in [2.75, 3.05) is 5.73 Å². The number of rotatable bonds is 6. The molecule has 1 heterocycles. The smallest absolute Gasteiger partial charge is 0.254 e. The summed E-state index contributed by atoms with van der Waals surface area (Å²) in [7, 11) is 0. The Morgan fingerprint density at radius 2 is 1.96 bits per heavy atom. The molecule has 138 valence electrons. The first-order valence-electron chi connectivity index (χ1n) is 9.51. The van der Waals surface area contributed by atoms with E-state index in [1.54, 1.807) is 4.68 Å². The molecule has 2 atom stereocenters. The lowest BCUT2D eigenvalue weighted by atomic mass is 9.81. The van der Waals surface area contributed by atoms with Crippen LogP contribution in [0.25, 0.3) is 0 Å². The lowest BCUT2D eigenvalue weighted by Gasteiger charge is -2.23. The van der Waals surface area contributed by atoms with E-state index in [4.69, 9.17) is 22.3 Å². The van der Waals surface area contributed by atoms with E-state index in [0.29, 0.717) is 17.9 Å². The number of carbonyl (C=O) groups excluding carboxylic acids is 1. The van der Waals surface area contributed by atoms with Gasteiger partial charge in [0.15, 0.2) is 0 Å². The number of nitrogens with two attached hydrogens (primary N) is 3. The number of primary amides is 1. The third kappa shape index (κ3) is 3.33. The quantitative estimate of drug-likeness (QED) is 0.736. The number of anilines is 1. The Labute approximate surface area is 153 Å². The van der Waals surface area contributed by atoms with Crippen molar-refractivity contribution in [1.82, 2.24) is 9.78 Å². The predicted octanol–water partition coefficient (Wildman–Crippen LogP) is 1.96. The molecule has 2 aliphatic rings. The molecule has 2 aromatic rings. The minimum absolute atomic E-state index is 0.00496. The number of hydrogen-bond donors (Lipinski definition) is 3. The minimum atomic E-state index is -0.502. The molecule has 6 heteroatoms. The summed E-state index contributed by atoms with van der Waals surface area (Å²) in [6, 6.07) is 8.45. The Morgan fingerprint density at radius 3 is 2.65 bits per heavy atom. The van der Waals surface area contributed by atoms with Crippen molar-refractivity contribution in [2.24, 2.45) is 17.4 Å². The van der Waals surface area contributed by atoms with Crippen LogP contribution in [0.15, 0.2) is 24.3 Å². The van der Waals surface area contributed by atoms with Gasteiger partial charge >= 0.3 is 0 Å². The van der Waals surface area contributed by atoms with Gasteiger partial charge in [-0.25, -0.2) is 4.68 Å². The van der Waals surface area contributed by atoms with Gasteiger partial charge in [0.2, 0.25) is 0 Å². The Balaban J connectivity index is 1.60. The van der Waals surface area contributed by atoms with Crippen LogP contribution in [0.2, 0.25) is 0 Å². The van der Waals surface area contributed by atoms with Gasteiger partial charge in [-0.15, -0.1) is 0 Å². The van der Waals surface area contributed by atoms with Gasteiger partial charge in [0.1, 0.15) is 11.4 Å². The second-order valence-electron chi connectivity index (χ2n) is 7.84. The zero-order valence-corrected chi connectivity index (χ0v) is 15.0. The van der Waals surface area contributed by atoms with Crippen molar-refractivity contribution in [2.45, 2.75) is 57.0 Å². The molecule has 2 unspecified atom stereocenters. The van der Waals surface area contributed by atoms with Crippen LogP contribution in [0.1, 0.15) is 58.8 Å². The van der Waals surface area contributed by atoms with Crippen LogP contribution >= 0.6 is 0 Å². The molecule has 1 saturated carbocycles. The molecule has 26 heavy (non-hydrogen) atoms. The summed E-state index contributed by atoms with van der Waals surface area (Å²) in [4.78, 5) is 12.1. The minimum Gasteiger partial charge on any atom is -0.383 e. The maximum Gasteiger partial charge on any atom is 0.254 e. The molecular formula is C20H27N5O. The molecule has 0 radical (unpaired) electrons. The molecule has 0 saturated heterocycles. The van der Waals surface area contributed by atoms with Gasteiger partial charge in [-0.05, 0) is 42.7 Å². The summed E-state index contributed by atoms with van der Waals surface area (Å²) in [5.74, 6) is 0.762. The van der Waals surface area contributed by atoms with Crippen molar-refractivity contribution >= 4 is 11.7 Å². The zero-order chi connectivity index (χ0) is 18.3. The van der Waals surface area contributed by atoms with Gasteiger partial charge in [0.05, 0.1) is 12.2 Å². The summed E-state index contributed by atoms with van der Waals surface area (Å²) in [5, 5.41) is 4.71. The second-order valence-corrected chi connectivity index (χ2v) is 7.84. The highest BCUT2D eigenvalue weighted by Crippen LogP contribution is 2.36. The molecule has 1 aromatic carbocycles. The van der Waals surface area contributed by atoms with Crippen LogP contribution < -0.4 is 17.2 Å². The van der Waals surface area contributed by atoms with Crippen molar-refractivity contribution in [1.29, 1.82) is 0 Å². The van der Waals surface area contributed by atoms with E-state index in [2.05, 4.69) is 24.3 Å². The Hall–Kier alpha value is -2.34. The first kappa shape index (κ1) is 17.1. The second kappa shape index (κ2) is 6.76. The van der Waals surface area contributed by atoms with Gasteiger partial charge in [0.25, 0.3) is 5.91 Å². The number of benzene rings is 1. The maximum atomic E-state index is 12.1. The average Bonchev–Trinajstić information content (AvgIpc) is 3.37. The average molecular weight is 353 g/mol. The van der Waals surface area contributed by atoms with Gasteiger partial charge in [0, 0.05) is 12.0 Å². The summed E-state index contributed by atoms with van der Waals surface area (Å²) >= 11 is 0. The molecule has 1 fully saturated rings. The van der Waals surface area contributed by atoms with Gasteiger partial charge in [-0.3, -0.25) is 4.79 Å². The van der Waals surface area contributed by atoms with E-state index in [0.717, 1.165) is 37.3 Å². The number of hydrogen-bond acceptors (Lipinski definition) is 4. The van der Waals surface area contributed by atoms with Crippen molar-refractivity contribution in [3.63, 3.8) is 0 Å². The lowest BCUT2D eigenvalue weighted by molar-refractivity contribution is 0.0999. The molecular weight excluding hydrogens is 326 g/mol. The number of amides is 1. The molecule has 0 bridgehead atoms. The largest absolute Gasteiger partial charge is 0.383 e. The third-order valence-corrected chi connectivity index (χ3v) is 5.74. The first-order chi connectivity index (χ1) is 12.5. The topological polar surface area (TPSA) is 113 Å². The highest BCUT2D eigenvalue weighted by Gasteiger charge is 2.30. The van der Waals surface area contributed by atoms with E-state index in [-0.39, 0.29) is 12.0 Å². The molecule has 1 aromatic heterocycles. The summed E-state index contributed by atoms with van der Waals surface area (Å²) < 4.78 is 1.70. The van der Waals surface area contributed by atoms with E-state index in [1.807, 2.05) is 0 Å². The molecule has 6 nitrogen and oxygen atoms in total. The molecule has 0 spiro atoms. The molecule has 1 amide bonds. The summed E-state index contributed by atoms with van der Waals surface area (Å²) in [5.41, 5.74) is 22.0. The van der Waals surface area contributed by atoms with Gasteiger partial charge in [-0.2, -0.15) is 5.10 Å². The molecule has 0 aliphatic heterocycles. The van der Waals surface area contributed by atoms with Gasteiger partial charge in [-0.1, -0.05) is 37.1 Å². The zero-order valence-electron chi connectivity index (χ0n) is 15.0. The monoisotopic (exact) mass is 353 g/mol. The molecule has 2 aliphatic carbocycles. The Kier molecular flexibility index (Phi) is 4.44. The highest BCUT2D eigenvalue weighted by molar-refractivity contribution is 5.98. The SMILES string of the molecule is NC(=O)c1c(C2CCc3ccccc3C2)nn(CC(N)CC2CC2)c1N. The summed E-state index contributed by atoms with van der Waals surface area (Å²) in [6.07, 6.45) is 6.30. The predicted molar refractivity (Wildman–Crippen MR) is 102 cm³/mol. The van der Waals surface area contributed by atoms with Crippen LogP contribution in [-0.2, 0) is 19.4 Å². The number of nitrogen functional groups attached to an aromatic ring is 1. The Morgan fingerprint density at radius 1 is 1.23 bits per heavy atom. The van der Waals surface area contributed by atoms with E-state index < -0.39 is 5.91 Å². The first-order valence-corrected chi connectivity index (χ1v) is 9.51. The van der Waals surface area contributed by atoms with Crippen LogP contribution in [0, 0.1) is 5.92 Å². The van der Waals surface area contributed by atoms with Crippen LogP contribution in [0.3, 0.4) is 0 Å². The van der Waals surface area contributed by atoms with Crippen molar-refractivity contribution < 1.29 is 4.79 Å². The van der Waals surface area contributed by atoms with Crippen LogP contribution in [0.5, 0.6) is 0 Å². The van der Waals surface area contributed by atoms with E-state index >= 15 is 0 Å². The van der Waals surface area contributed by atoms with E-state index in [1.165, 1.54) is 24.0 Å². The fraction of sp³-hybridized carbons (Fsp3) is 0.500. The fourth-order valence-electron chi connectivity index (χ4n) is 4.18. The van der Waals surface area contributed by atoms with Crippen molar-refractivity contribution in [3.05, 3.63) is 46.6 Å². The normalized spacial score (nSPS) is 20.6. The third-order valence-electron chi connectivity index (χ3n) is 5.74. The number of aromatic nitrogens is 2. The number of carbonyl (C=O) groups is 1. The lowest BCUT2D eigenvalue weighted by Crippen LogP contribution is -2.28. The number of fused-ring (bicyclic) bond motifs is 1. The molecule has 4 rings (SSSR count). The number of aryl methyl sites for hydroxylation is 1. The summed E-state index contributed by atoms with van der Waals surface area (Å²) in [6.45, 7) is 0.534. The van der Waals surface area contributed by atoms with Gasteiger partial charge < -0.3 is 17.2 Å². The highest BCUT2D eigenvalue weighted by atomic mass is 16.1. The standard InChI is InChI=1S/C20H27N5O/c21-16(9-12-5-6-12)11-25-19(22)17(20(23)26)18(24-25)15-8-7-13-3-1-2-4-14(13)10-15/h1-4,12,15-16H,5-11,21-22H2,(H2,23,26). The van der Waals surface area contributed by atoms with Crippen LogP contribution in [-0.4, -0.2) is 21.7 Å². The number of nitrogens with zero attached hydrogens (tertiary/aromatic N) is 2. The van der Waals surface area contributed by atoms with Crippen molar-refractivity contribution in [3.8, 4) is 0 Å². The maximum absolute atomic E-state index is 12.1. The fourth-order valence-corrected chi connectivity index (χ4v) is 4.18. The van der Waals surface area contributed by atoms with Crippen LogP contribution in [0.4, 0.5) is 5.82 Å². The van der Waals surface area contributed by atoms with E-state index in [9.17, 15) is 4.79 Å².